The Labute approximate surface area is 99.7 Å². The Kier molecular flexibility index (Phi) is 3.60. The molecule has 84 valence electrons. The van der Waals surface area contributed by atoms with E-state index in [2.05, 4.69) is 9.89 Å². The number of piperidine rings is 1. The molecule has 1 aliphatic heterocycles. The van der Waals surface area contributed by atoms with Crippen molar-refractivity contribution in [2.45, 2.75) is 19.3 Å². The molecule has 0 atom stereocenters. The second-order valence-electron chi connectivity index (χ2n) is 3.89. The maximum atomic E-state index is 10.1. The van der Waals surface area contributed by atoms with Gasteiger partial charge in [0.15, 0.2) is 0 Å². The van der Waals surface area contributed by atoms with Gasteiger partial charge >= 0.3 is 0 Å². The van der Waals surface area contributed by atoms with Crippen LogP contribution in [0.1, 0.15) is 19.3 Å². The van der Waals surface area contributed by atoms with E-state index in [1.165, 1.54) is 25.3 Å². The number of rotatable bonds is 2. The maximum absolute atomic E-state index is 10.1. The van der Waals surface area contributed by atoms with Gasteiger partial charge in [0.2, 0.25) is 6.08 Å². The number of isocyanates is 1. The van der Waals surface area contributed by atoms with Crippen LogP contribution in [-0.4, -0.2) is 19.2 Å². The fraction of sp³-hybridized carbons (Fsp3) is 0.417. The minimum atomic E-state index is 0.556. The molecule has 4 heteroatoms. The highest BCUT2D eigenvalue weighted by Crippen LogP contribution is 2.31. The number of hydrogen-bond donors (Lipinski definition) is 0. The number of anilines is 1. The lowest BCUT2D eigenvalue weighted by atomic mass is 10.1. The summed E-state index contributed by atoms with van der Waals surface area (Å²) in [4.78, 5) is 16.0. The third kappa shape index (κ3) is 2.43. The molecule has 0 amide bonds. The SMILES string of the molecule is O=C=Nc1ccc(N2CCCCC2)c(Cl)c1. The zero-order valence-corrected chi connectivity index (χ0v) is 9.70. The first-order valence-electron chi connectivity index (χ1n) is 5.43. The molecule has 0 bridgehead atoms. The number of carbonyl (C=O) groups excluding carboxylic acids is 1. The van der Waals surface area contributed by atoms with Crippen LogP contribution < -0.4 is 4.90 Å². The van der Waals surface area contributed by atoms with Crippen molar-refractivity contribution < 1.29 is 4.79 Å². The number of benzene rings is 1. The Morgan fingerprint density at radius 3 is 2.62 bits per heavy atom. The molecule has 3 nitrogen and oxygen atoms in total. The van der Waals surface area contributed by atoms with Gasteiger partial charge < -0.3 is 4.90 Å². The Bertz CT molecular complexity index is 421. The van der Waals surface area contributed by atoms with E-state index >= 15 is 0 Å². The third-order valence-electron chi connectivity index (χ3n) is 2.80. The summed E-state index contributed by atoms with van der Waals surface area (Å²) in [6.07, 6.45) is 5.23. The van der Waals surface area contributed by atoms with Crippen LogP contribution in [0, 0.1) is 0 Å². The molecule has 0 aromatic heterocycles. The second kappa shape index (κ2) is 5.15. The van der Waals surface area contributed by atoms with Crippen molar-refractivity contribution in [3.63, 3.8) is 0 Å². The van der Waals surface area contributed by atoms with Crippen LogP contribution in [-0.2, 0) is 4.79 Å². The van der Waals surface area contributed by atoms with Crippen molar-refractivity contribution in [3.05, 3.63) is 23.2 Å². The number of nitrogens with zero attached hydrogens (tertiary/aromatic N) is 2. The minimum absolute atomic E-state index is 0.556. The molecule has 0 spiro atoms. The molecule has 16 heavy (non-hydrogen) atoms. The zero-order chi connectivity index (χ0) is 11.4. The average Bonchev–Trinajstić information content (AvgIpc) is 2.31. The molecule has 0 unspecified atom stereocenters. The van der Waals surface area contributed by atoms with Crippen LogP contribution in [0.3, 0.4) is 0 Å². The molecule has 1 aromatic rings. The molecule has 1 saturated heterocycles. The van der Waals surface area contributed by atoms with Crippen molar-refractivity contribution >= 4 is 29.1 Å². The quantitative estimate of drug-likeness (QED) is 0.583. The van der Waals surface area contributed by atoms with E-state index in [4.69, 9.17) is 11.6 Å². The standard InChI is InChI=1S/C12H13ClN2O/c13-11-8-10(14-9-16)4-5-12(11)15-6-2-1-3-7-15/h4-5,8H,1-3,6-7H2. The third-order valence-corrected chi connectivity index (χ3v) is 3.11. The van der Waals surface area contributed by atoms with E-state index in [9.17, 15) is 4.79 Å². The van der Waals surface area contributed by atoms with Crippen LogP contribution in [0.15, 0.2) is 23.2 Å². The lowest BCUT2D eigenvalue weighted by molar-refractivity contribution is 0.565. The van der Waals surface area contributed by atoms with E-state index in [-0.39, 0.29) is 0 Å². The van der Waals surface area contributed by atoms with Crippen LogP contribution in [0.5, 0.6) is 0 Å². The molecule has 1 aliphatic rings. The van der Waals surface area contributed by atoms with Gasteiger partial charge in [-0.1, -0.05) is 11.6 Å². The van der Waals surface area contributed by atoms with Gasteiger partial charge in [0.25, 0.3) is 0 Å². The Morgan fingerprint density at radius 2 is 2.00 bits per heavy atom. The number of halogens is 1. The molecular formula is C12H13ClN2O. The van der Waals surface area contributed by atoms with Gasteiger partial charge in [-0.15, -0.1) is 0 Å². The van der Waals surface area contributed by atoms with Gasteiger partial charge in [-0.05, 0) is 37.5 Å². The summed E-state index contributed by atoms with van der Waals surface area (Å²) in [6, 6.07) is 5.42. The van der Waals surface area contributed by atoms with Crippen molar-refractivity contribution in [2.24, 2.45) is 4.99 Å². The topological polar surface area (TPSA) is 32.7 Å². The number of hydrogen-bond acceptors (Lipinski definition) is 3. The molecule has 1 heterocycles. The predicted octanol–water partition coefficient (Wildman–Crippen LogP) is 3.30. The fourth-order valence-corrected chi connectivity index (χ4v) is 2.30. The Balaban J connectivity index is 2.24. The van der Waals surface area contributed by atoms with Crippen LogP contribution in [0.2, 0.25) is 5.02 Å². The second-order valence-corrected chi connectivity index (χ2v) is 4.29. The van der Waals surface area contributed by atoms with Crippen molar-refractivity contribution in [1.82, 2.24) is 0 Å². The maximum Gasteiger partial charge on any atom is 0.240 e. The normalized spacial score (nSPS) is 15.7. The summed E-state index contributed by atoms with van der Waals surface area (Å²) < 4.78 is 0. The van der Waals surface area contributed by atoms with Crippen LogP contribution >= 0.6 is 11.6 Å². The van der Waals surface area contributed by atoms with Gasteiger partial charge in [-0.2, -0.15) is 4.99 Å². The molecule has 0 radical (unpaired) electrons. The summed E-state index contributed by atoms with van der Waals surface area (Å²) >= 11 is 6.17. The summed E-state index contributed by atoms with van der Waals surface area (Å²) in [7, 11) is 0. The zero-order valence-electron chi connectivity index (χ0n) is 8.95. The van der Waals surface area contributed by atoms with Crippen molar-refractivity contribution in [1.29, 1.82) is 0 Å². The van der Waals surface area contributed by atoms with E-state index < -0.39 is 0 Å². The summed E-state index contributed by atoms with van der Waals surface area (Å²) in [5.74, 6) is 0. The highest BCUT2D eigenvalue weighted by atomic mass is 35.5. The van der Waals surface area contributed by atoms with Gasteiger partial charge in [-0.3, -0.25) is 0 Å². The molecule has 1 fully saturated rings. The van der Waals surface area contributed by atoms with Crippen molar-refractivity contribution in [3.8, 4) is 0 Å². The predicted molar refractivity (Wildman–Crippen MR) is 65.3 cm³/mol. The average molecular weight is 237 g/mol. The lowest BCUT2D eigenvalue weighted by Crippen LogP contribution is -2.29. The Morgan fingerprint density at radius 1 is 1.25 bits per heavy atom. The first kappa shape index (κ1) is 11.2. The van der Waals surface area contributed by atoms with Crippen LogP contribution in [0.4, 0.5) is 11.4 Å². The first-order valence-corrected chi connectivity index (χ1v) is 5.81. The lowest BCUT2D eigenvalue weighted by Gasteiger charge is -2.29. The van der Waals surface area contributed by atoms with Crippen LogP contribution in [0.25, 0.3) is 0 Å². The monoisotopic (exact) mass is 236 g/mol. The molecular weight excluding hydrogens is 224 g/mol. The van der Waals surface area contributed by atoms with Gasteiger partial charge in [0.1, 0.15) is 0 Å². The van der Waals surface area contributed by atoms with Gasteiger partial charge in [0.05, 0.1) is 16.4 Å². The highest BCUT2D eigenvalue weighted by molar-refractivity contribution is 6.33. The largest absolute Gasteiger partial charge is 0.370 e. The molecule has 0 aliphatic carbocycles. The van der Waals surface area contributed by atoms with E-state index in [1.807, 2.05) is 6.07 Å². The van der Waals surface area contributed by atoms with E-state index in [0.29, 0.717) is 10.7 Å². The fourth-order valence-electron chi connectivity index (χ4n) is 2.01. The van der Waals surface area contributed by atoms with Gasteiger partial charge in [-0.25, -0.2) is 4.79 Å². The molecule has 2 rings (SSSR count). The highest BCUT2D eigenvalue weighted by Gasteiger charge is 2.13. The number of aliphatic imine (C=N–C) groups is 1. The smallest absolute Gasteiger partial charge is 0.240 e. The van der Waals surface area contributed by atoms with E-state index in [1.54, 1.807) is 12.1 Å². The summed E-state index contributed by atoms with van der Waals surface area (Å²) in [5, 5.41) is 0.651. The summed E-state index contributed by atoms with van der Waals surface area (Å²) in [6.45, 7) is 2.10. The van der Waals surface area contributed by atoms with Gasteiger partial charge in [0, 0.05) is 13.1 Å². The molecule has 1 aromatic carbocycles. The first-order chi connectivity index (χ1) is 7.81. The minimum Gasteiger partial charge on any atom is -0.370 e. The molecule has 0 saturated carbocycles. The van der Waals surface area contributed by atoms with E-state index in [0.717, 1.165) is 18.8 Å². The van der Waals surface area contributed by atoms with Crippen molar-refractivity contribution in [2.75, 3.05) is 18.0 Å². The Hall–Kier alpha value is -1.31. The molecule has 0 N–H and O–H groups in total. The summed E-state index contributed by atoms with van der Waals surface area (Å²) in [5.41, 5.74) is 1.59.